The summed E-state index contributed by atoms with van der Waals surface area (Å²) >= 11 is 0. The number of amides is 1. The van der Waals surface area contributed by atoms with Gasteiger partial charge in [0.2, 0.25) is 5.91 Å². The smallest absolute Gasteiger partial charge is 0.223 e. The lowest BCUT2D eigenvalue weighted by Gasteiger charge is -2.40. The molecule has 0 aliphatic carbocycles. The highest BCUT2D eigenvalue weighted by atomic mass is 16.3. The quantitative estimate of drug-likeness (QED) is 0.916. The highest BCUT2D eigenvalue weighted by molar-refractivity contribution is 5.79. The van der Waals surface area contributed by atoms with E-state index in [9.17, 15) is 9.90 Å². The molecular weight excluding hydrogens is 252 g/mol. The largest absolute Gasteiger partial charge is 0.388 e. The Labute approximate surface area is 120 Å². The highest BCUT2D eigenvalue weighted by Crippen LogP contribution is 2.31. The molecule has 1 amide bonds. The number of benzene rings is 1. The van der Waals surface area contributed by atoms with Gasteiger partial charge in [0.05, 0.1) is 6.10 Å². The molecule has 0 saturated carbocycles. The van der Waals surface area contributed by atoms with Crippen LogP contribution in [0.15, 0.2) is 24.3 Å². The number of piperazine rings is 1. The summed E-state index contributed by atoms with van der Waals surface area (Å²) < 4.78 is 0. The molecule has 0 aromatic heterocycles. The molecule has 0 radical (unpaired) electrons. The van der Waals surface area contributed by atoms with E-state index in [0.717, 1.165) is 43.7 Å². The zero-order valence-electron chi connectivity index (χ0n) is 12.0. The summed E-state index contributed by atoms with van der Waals surface area (Å²) in [7, 11) is 0. The monoisotopic (exact) mass is 274 g/mol. The van der Waals surface area contributed by atoms with Crippen molar-refractivity contribution in [2.24, 2.45) is 0 Å². The second kappa shape index (κ2) is 5.44. The summed E-state index contributed by atoms with van der Waals surface area (Å²) in [4.78, 5) is 16.1. The summed E-state index contributed by atoms with van der Waals surface area (Å²) in [5, 5.41) is 10.2. The van der Waals surface area contributed by atoms with E-state index < -0.39 is 6.10 Å². The predicted octanol–water partition coefficient (Wildman–Crippen LogP) is 1.94. The van der Waals surface area contributed by atoms with Gasteiger partial charge in [-0.2, -0.15) is 0 Å². The summed E-state index contributed by atoms with van der Waals surface area (Å²) in [6.07, 6.45) is 1.97. The summed E-state index contributed by atoms with van der Waals surface area (Å²) in [6.45, 7) is 4.55. The Morgan fingerprint density at radius 1 is 1.35 bits per heavy atom. The van der Waals surface area contributed by atoms with E-state index in [2.05, 4.69) is 11.0 Å². The summed E-state index contributed by atoms with van der Waals surface area (Å²) in [5.41, 5.74) is 2.13. The molecule has 0 bridgehead atoms. The van der Waals surface area contributed by atoms with Crippen molar-refractivity contribution in [3.63, 3.8) is 0 Å². The maximum atomic E-state index is 11.7. The van der Waals surface area contributed by atoms with Crippen molar-refractivity contribution < 1.29 is 9.90 Å². The maximum absolute atomic E-state index is 11.7. The number of hydrogen-bond donors (Lipinski definition) is 1. The fourth-order valence-electron chi connectivity index (χ4n) is 3.36. The van der Waals surface area contributed by atoms with Crippen LogP contribution in [0, 0.1) is 0 Å². The normalized spacial score (nSPS) is 23.9. The molecule has 2 fully saturated rings. The van der Waals surface area contributed by atoms with Crippen molar-refractivity contribution >= 4 is 11.6 Å². The number of aliphatic hydroxyl groups excluding tert-OH is 1. The van der Waals surface area contributed by atoms with Crippen LogP contribution in [-0.2, 0) is 4.79 Å². The third-order valence-corrected chi connectivity index (χ3v) is 4.52. The van der Waals surface area contributed by atoms with Crippen LogP contribution in [0.5, 0.6) is 0 Å². The molecule has 0 spiro atoms. The van der Waals surface area contributed by atoms with Gasteiger partial charge in [-0.1, -0.05) is 25.1 Å². The van der Waals surface area contributed by atoms with Crippen LogP contribution in [0.1, 0.15) is 37.9 Å². The molecule has 1 aromatic carbocycles. The van der Waals surface area contributed by atoms with Crippen molar-refractivity contribution in [2.45, 2.75) is 38.3 Å². The molecular formula is C16H22N2O2. The van der Waals surface area contributed by atoms with Gasteiger partial charge in [0.1, 0.15) is 0 Å². The Kier molecular flexibility index (Phi) is 3.66. The van der Waals surface area contributed by atoms with E-state index in [0.29, 0.717) is 18.4 Å². The van der Waals surface area contributed by atoms with E-state index in [1.54, 1.807) is 0 Å². The molecule has 4 heteroatoms. The minimum atomic E-state index is -0.408. The Hall–Kier alpha value is -1.55. The minimum absolute atomic E-state index is 0.302. The number of rotatable bonds is 3. The predicted molar refractivity (Wildman–Crippen MR) is 78.6 cm³/mol. The maximum Gasteiger partial charge on any atom is 0.223 e. The van der Waals surface area contributed by atoms with Crippen LogP contribution in [0.4, 0.5) is 5.69 Å². The molecule has 108 valence electrons. The average molecular weight is 274 g/mol. The first-order chi connectivity index (χ1) is 9.70. The van der Waals surface area contributed by atoms with Gasteiger partial charge in [-0.25, -0.2) is 0 Å². The second-order valence-electron chi connectivity index (χ2n) is 5.71. The summed E-state index contributed by atoms with van der Waals surface area (Å²) in [5.74, 6) is 0.302. The van der Waals surface area contributed by atoms with Crippen LogP contribution in [0.25, 0.3) is 0 Å². The van der Waals surface area contributed by atoms with Gasteiger partial charge in [-0.3, -0.25) is 4.79 Å². The van der Waals surface area contributed by atoms with Gasteiger partial charge in [0.25, 0.3) is 0 Å². The first kappa shape index (κ1) is 13.4. The third kappa shape index (κ3) is 2.29. The molecule has 2 saturated heterocycles. The van der Waals surface area contributed by atoms with E-state index in [1.165, 1.54) is 0 Å². The van der Waals surface area contributed by atoms with Crippen LogP contribution in [-0.4, -0.2) is 41.6 Å². The number of para-hydroxylation sites is 1. The number of fused-ring (bicyclic) bond motifs is 1. The van der Waals surface area contributed by atoms with Crippen molar-refractivity contribution in [2.75, 3.05) is 24.5 Å². The van der Waals surface area contributed by atoms with Crippen molar-refractivity contribution in [3.05, 3.63) is 29.8 Å². The number of aliphatic hydroxyl groups is 1. The molecule has 4 nitrogen and oxygen atoms in total. The van der Waals surface area contributed by atoms with Crippen molar-refractivity contribution in [1.29, 1.82) is 0 Å². The first-order valence-corrected chi connectivity index (χ1v) is 7.52. The van der Waals surface area contributed by atoms with Gasteiger partial charge in [-0.15, -0.1) is 0 Å². The number of carbonyl (C=O) groups is 1. The zero-order valence-corrected chi connectivity index (χ0v) is 12.0. The van der Waals surface area contributed by atoms with Gasteiger partial charge in [0, 0.05) is 43.3 Å². The molecule has 1 N–H and O–H groups in total. The van der Waals surface area contributed by atoms with E-state index in [1.807, 2.05) is 30.0 Å². The van der Waals surface area contributed by atoms with Gasteiger partial charge in [0.15, 0.2) is 0 Å². The number of anilines is 1. The molecule has 20 heavy (non-hydrogen) atoms. The van der Waals surface area contributed by atoms with Crippen molar-refractivity contribution in [3.8, 4) is 0 Å². The van der Waals surface area contributed by atoms with Crippen LogP contribution >= 0.6 is 0 Å². The number of hydrogen-bond acceptors (Lipinski definition) is 3. The number of nitrogens with zero attached hydrogens (tertiary/aromatic N) is 2. The van der Waals surface area contributed by atoms with Gasteiger partial charge >= 0.3 is 0 Å². The fraction of sp³-hybridized carbons (Fsp3) is 0.562. The van der Waals surface area contributed by atoms with E-state index in [-0.39, 0.29) is 0 Å². The molecule has 2 aliphatic rings. The Morgan fingerprint density at radius 2 is 2.15 bits per heavy atom. The summed E-state index contributed by atoms with van der Waals surface area (Å²) in [6, 6.07) is 8.44. The van der Waals surface area contributed by atoms with Crippen LogP contribution < -0.4 is 4.90 Å². The lowest BCUT2D eigenvalue weighted by molar-refractivity contribution is -0.129. The second-order valence-corrected chi connectivity index (χ2v) is 5.71. The Bertz CT molecular complexity index is 503. The van der Waals surface area contributed by atoms with Gasteiger partial charge < -0.3 is 14.9 Å². The zero-order chi connectivity index (χ0) is 14.1. The fourth-order valence-corrected chi connectivity index (χ4v) is 3.36. The SMILES string of the molecule is CCC(O)c1ccccc1N1CCN2C(=O)CCC2C1. The standard InChI is InChI=1S/C16H22N2O2/c1-2-15(19)13-5-3-4-6-14(13)17-9-10-18-12(11-17)7-8-16(18)20/h3-6,12,15,19H,2,7-11H2,1H3. The van der Waals surface area contributed by atoms with Crippen LogP contribution in [0.2, 0.25) is 0 Å². The molecule has 2 unspecified atom stereocenters. The third-order valence-electron chi connectivity index (χ3n) is 4.52. The number of carbonyl (C=O) groups excluding carboxylic acids is 1. The molecule has 2 heterocycles. The van der Waals surface area contributed by atoms with E-state index in [4.69, 9.17) is 0 Å². The highest BCUT2D eigenvalue weighted by Gasteiger charge is 2.36. The first-order valence-electron chi connectivity index (χ1n) is 7.52. The van der Waals surface area contributed by atoms with Gasteiger partial charge in [-0.05, 0) is 18.9 Å². The molecule has 2 atom stereocenters. The Morgan fingerprint density at radius 3 is 2.95 bits per heavy atom. The minimum Gasteiger partial charge on any atom is -0.388 e. The molecule has 1 aromatic rings. The molecule has 2 aliphatic heterocycles. The van der Waals surface area contributed by atoms with Crippen LogP contribution in [0.3, 0.4) is 0 Å². The van der Waals surface area contributed by atoms with Crippen molar-refractivity contribution in [1.82, 2.24) is 4.90 Å². The lowest BCUT2D eigenvalue weighted by atomic mass is 10.0. The van der Waals surface area contributed by atoms with E-state index >= 15 is 0 Å². The Balaban J connectivity index is 1.82. The lowest BCUT2D eigenvalue weighted by Crippen LogP contribution is -2.51. The topological polar surface area (TPSA) is 43.8 Å². The molecule has 3 rings (SSSR count). The average Bonchev–Trinajstić information content (AvgIpc) is 2.87.